The Kier molecular flexibility index (Phi) is 6.36. The average Bonchev–Trinajstić information content (AvgIpc) is 2.68. The number of aromatic nitrogens is 1. The number of nitrogens with zero attached hydrogens (tertiary/aromatic N) is 1. The van der Waals surface area contributed by atoms with Gasteiger partial charge < -0.3 is 10.6 Å². The van der Waals surface area contributed by atoms with Crippen LogP contribution in [0.5, 0.6) is 0 Å². The molecule has 136 valence electrons. The molecule has 2 aromatic rings. The zero-order valence-corrected chi connectivity index (χ0v) is 14.9. The SMILES string of the molecule is O=C(CC1CCCCC1)NCc1cccc(NC(=O)c2cccnc2)c1. The summed E-state index contributed by atoms with van der Waals surface area (Å²) < 4.78 is 0. The molecular weight excluding hydrogens is 326 g/mol. The maximum Gasteiger partial charge on any atom is 0.257 e. The van der Waals surface area contributed by atoms with Crippen molar-refractivity contribution in [2.24, 2.45) is 5.92 Å². The first-order chi connectivity index (χ1) is 12.7. The first kappa shape index (κ1) is 18.1. The van der Waals surface area contributed by atoms with Gasteiger partial charge >= 0.3 is 0 Å². The van der Waals surface area contributed by atoms with Crippen molar-refractivity contribution in [3.05, 3.63) is 59.9 Å². The third-order valence-corrected chi connectivity index (χ3v) is 4.80. The van der Waals surface area contributed by atoms with E-state index in [0.717, 1.165) is 5.56 Å². The number of carbonyl (C=O) groups excluding carboxylic acids is 2. The molecule has 1 fully saturated rings. The maximum atomic E-state index is 12.2. The topological polar surface area (TPSA) is 71.1 Å². The van der Waals surface area contributed by atoms with Crippen LogP contribution < -0.4 is 10.6 Å². The Hall–Kier alpha value is -2.69. The van der Waals surface area contributed by atoms with Crippen LogP contribution >= 0.6 is 0 Å². The second-order valence-electron chi connectivity index (χ2n) is 6.88. The van der Waals surface area contributed by atoms with Crippen LogP contribution in [0.4, 0.5) is 5.69 Å². The summed E-state index contributed by atoms with van der Waals surface area (Å²) in [7, 11) is 0. The van der Waals surface area contributed by atoms with Gasteiger partial charge in [-0.25, -0.2) is 0 Å². The van der Waals surface area contributed by atoms with Crippen LogP contribution in [0.2, 0.25) is 0 Å². The quantitative estimate of drug-likeness (QED) is 0.828. The molecule has 0 spiro atoms. The molecule has 1 heterocycles. The van der Waals surface area contributed by atoms with Gasteiger partial charge in [-0.15, -0.1) is 0 Å². The van der Waals surface area contributed by atoms with Crippen LogP contribution in [-0.2, 0) is 11.3 Å². The van der Waals surface area contributed by atoms with Gasteiger partial charge in [0.15, 0.2) is 0 Å². The highest BCUT2D eigenvalue weighted by Gasteiger charge is 2.16. The molecule has 1 aliphatic rings. The molecule has 5 heteroatoms. The fraction of sp³-hybridized carbons (Fsp3) is 0.381. The van der Waals surface area contributed by atoms with Gasteiger partial charge in [0, 0.05) is 31.0 Å². The highest BCUT2D eigenvalue weighted by Crippen LogP contribution is 2.26. The van der Waals surface area contributed by atoms with E-state index in [1.807, 2.05) is 24.3 Å². The molecule has 26 heavy (non-hydrogen) atoms. The zero-order valence-electron chi connectivity index (χ0n) is 14.9. The van der Waals surface area contributed by atoms with Gasteiger partial charge in [-0.3, -0.25) is 14.6 Å². The summed E-state index contributed by atoms with van der Waals surface area (Å²) in [6, 6.07) is 11.0. The molecule has 0 aliphatic heterocycles. The van der Waals surface area contributed by atoms with Crippen LogP contribution in [0, 0.1) is 5.92 Å². The zero-order chi connectivity index (χ0) is 18.2. The van der Waals surface area contributed by atoms with Crippen LogP contribution in [0.15, 0.2) is 48.8 Å². The van der Waals surface area contributed by atoms with E-state index in [1.165, 1.54) is 38.3 Å². The Labute approximate surface area is 154 Å². The lowest BCUT2D eigenvalue weighted by atomic mass is 9.87. The molecule has 0 unspecified atom stereocenters. The predicted molar refractivity (Wildman–Crippen MR) is 102 cm³/mol. The average molecular weight is 351 g/mol. The van der Waals surface area contributed by atoms with E-state index in [-0.39, 0.29) is 11.8 Å². The van der Waals surface area contributed by atoms with Crippen molar-refractivity contribution in [2.75, 3.05) is 5.32 Å². The van der Waals surface area contributed by atoms with Crippen molar-refractivity contribution in [3.63, 3.8) is 0 Å². The highest BCUT2D eigenvalue weighted by molar-refractivity contribution is 6.04. The van der Waals surface area contributed by atoms with Gasteiger partial charge in [0.25, 0.3) is 5.91 Å². The van der Waals surface area contributed by atoms with Crippen molar-refractivity contribution < 1.29 is 9.59 Å². The van der Waals surface area contributed by atoms with Crippen molar-refractivity contribution in [1.82, 2.24) is 10.3 Å². The molecule has 3 rings (SSSR count). The molecule has 0 saturated heterocycles. The minimum absolute atomic E-state index is 0.113. The number of pyridine rings is 1. The molecule has 5 nitrogen and oxygen atoms in total. The largest absolute Gasteiger partial charge is 0.352 e. The van der Waals surface area contributed by atoms with Gasteiger partial charge in [-0.1, -0.05) is 31.4 Å². The van der Waals surface area contributed by atoms with E-state index in [1.54, 1.807) is 18.3 Å². The van der Waals surface area contributed by atoms with Gasteiger partial charge in [-0.2, -0.15) is 0 Å². The Morgan fingerprint density at radius 3 is 2.69 bits per heavy atom. The molecule has 1 saturated carbocycles. The molecule has 2 N–H and O–H groups in total. The lowest BCUT2D eigenvalue weighted by Crippen LogP contribution is -2.26. The van der Waals surface area contributed by atoms with Gasteiger partial charge in [0.2, 0.25) is 5.91 Å². The van der Waals surface area contributed by atoms with Crippen molar-refractivity contribution in [2.45, 2.75) is 45.1 Å². The first-order valence-electron chi connectivity index (χ1n) is 9.28. The third kappa shape index (κ3) is 5.41. The van der Waals surface area contributed by atoms with E-state index in [2.05, 4.69) is 15.6 Å². The van der Waals surface area contributed by atoms with E-state index < -0.39 is 0 Å². The number of carbonyl (C=O) groups is 2. The molecule has 0 atom stereocenters. The number of hydrogen-bond donors (Lipinski definition) is 2. The minimum atomic E-state index is -0.198. The molecule has 0 radical (unpaired) electrons. The second kappa shape index (κ2) is 9.13. The number of anilines is 1. The molecule has 0 bridgehead atoms. The van der Waals surface area contributed by atoms with Gasteiger partial charge in [0.1, 0.15) is 0 Å². The van der Waals surface area contributed by atoms with Gasteiger partial charge in [0.05, 0.1) is 5.56 Å². The lowest BCUT2D eigenvalue weighted by Gasteiger charge is -2.20. The summed E-state index contributed by atoms with van der Waals surface area (Å²) in [4.78, 5) is 28.3. The van der Waals surface area contributed by atoms with Crippen LogP contribution in [-0.4, -0.2) is 16.8 Å². The van der Waals surface area contributed by atoms with Crippen LogP contribution in [0.3, 0.4) is 0 Å². The summed E-state index contributed by atoms with van der Waals surface area (Å²) in [5, 5.41) is 5.86. The summed E-state index contributed by atoms with van der Waals surface area (Å²) in [5.74, 6) is 0.451. The normalized spacial score (nSPS) is 14.6. The number of benzene rings is 1. The lowest BCUT2D eigenvalue weighted by molar-refractivity contribution is -0.122. The van der Waals surface area contributed by atoms with Crippen molar-refractivity contribution in [1.29, 1.82) is 0 Å². The van der Waals surface area contributed by atoms with E-state index >= 15 is 0 Å². The second-order valence-corrected chi connectivity index (χ2v) is 6.88. The fourth-order valence-corrected chi connectivity index (χ4v) is 3.39. The molecule has 1 aliphatic carbocycles. The Balaban J connectivity index is 1.50. The summed E-state index contributed by atoms with van der Waals surface area (Å²) >= 11 is 0. The molecule has 1 aromatic heterocycles. The molecular formula is C21H25N3O2. The Bertz CT molecular complexity index is 740. The predicted octanol–water partition coefficient (Wildman–Crippen LogP) is 3.92. The molecule has 1 aromatic carbocycles. The Morgan fingerprint density at radius 1 is 1.08 bits per heavy atom. The Morgan fingerprint density at radius 2 is 1.92 bits per heavy atom. The van der Waals surface area contributed by atoms with E-state index in [0.29, 0.717) is 30.1 Å². The number of nitrogens with one attached hydrogen (secondary N) is 2. The summed E-state index contributed by atoms with van der Waals surface area (Å²) in [5.41, 5.74) is 2.18. The third-order valence-electron chi connectivity index (χ3n) is 4.80. The first-order valence-corrected chi connectivity index (χ1v) is 9.28. The van der Waals surface area contributed by atoms with Crippen LogP contribution in [0.25, 0.3) is 0 Å². The van der Waals surface area contributed by atoms with Crippen molar-refractivity contribution >= 4 is 17.5 Å². The number of amides is 2. The highest BCUT2D eigenvalue weighted by atomic mass is 16.2. The summed E-state index contributed by atoms with van der Waals surface area (Å²) in [6.45, 7) is 0.474. The minimum Gasteiger partial charge on any atom is -0.352 e. The van der Waals surface area contributed by atoms with Crippen molar-refractivity contribution in [3.8, 4) is 0 Å². The van der Waals surface area contributed by atoms with Gasteiger partial charge in [-0.05, 0) is 48.6 Å². The standard InChI is InChI=1S/C21H25N3O2/c25-20(13-16-6-2-1-3-7-16)23-14-17-8-4-10-19(12-17)24-21(26)18-9-5-11-22-15-18/h4-5,8-12,15-16H,1-3,6-7,13-14H2,(H,23,25)(H,24,26). The number of rotatable bonds is 6. The van der Waals surface area contributed by atoms with E-state index in [9.17, 15) is 9.59 Å². The smallest absolute Gasteiger partial charge is 0.257 e. The summed E-state index contributed by atoms with van der Waals surface area (Å²) in [6.07, 6.45) is 9.92. The number of hydrogen-bond acceptors (Lipinski definition) is 3. The van der Waals surface area contributed by atoms with E-state index in [4.69, 9.17) is 0 Å². The fourth-order valence-electron chi connectivity index (χ4n) is 3.39. The van der Waals surface area contributed by atoms with Crippen LogP contribution in [0.1, 0.15) is 54.4 Å². The maximum absolute atomic E-state index is 12.2. The monoisotopic (exact) mass is 351 g/mol. The molecule has 2 amide bonds.